The van der Waals surface area contributed by atoms with Gasteiger partial charge in [-0.2, -0.15) is 5.10 Å². The van der Waals surface area contributed by atoms with E-state index in [0.29, 0.717) is 17.4 Å². The average molecular weight is 336 g/mol. The van der Waals surface area contributed by atoms with E-state index >= 15 is 0 Å². The Morgan fingerprint density at radius 2 is 2.20 bits per heavy atom. The van der Waals surface area contributed by atoms with Gasteiger partial charge in [-0.25, -0.2) is 9.67 Å². The number of fused-ring (bicyclic) bond motifs is 1. The third kappa shape index (κ3) is 3.07. The van der Waals surface area contributed by atoms with Crippen molar-refractivity contribution in [1.82, 2.24) is 14.8 Å². The number of nitrogens with one attached hydrogen (secondary N) is 1. The minimum Gasteiger partial charge on any atom is -0.497 e. The Labute approximate surface area is 145 Å². The molecule has 2 aromatic heterocycles. The first-order valence-corrected chi connectivity index (χ1v) is 8.41. The molecule has 1 amide bonds. The van der Waals surface area contributed by atoms with Crippen LogP contribution in [0.5, 0.6) is 5.75 Å². The molecule has 1 aliphatic carbocycles. The maximum absolute atomic E-state index is 12.4. The van der Waals surface area contributed by atoms with Crippen molar-refractivity contribution in [1.29, 1.82) is 0 Å². The molecule has 4 rings (SSSR count). The minimum absolute atomic E-state index is 0.128. The van der Waals surface area contributed by atoms with Crippen LogP contribution < -0.4 is 10.1 Å². The summed E-state index contributed by atoms with van der Waals surface area (Å²) in [7, 11) is 1.60. The third-order valence-corrected chi connectivity index (χ3v) is 4.50. The van der Waals surface area contributed by atoms with Crippen molar-refractivity contribution in [2.75, 3.05) is 12.4 Å². The van der Waals surface area contributed by atoms with Gasteiger partial charge >= 0.3 is 0 Å². The van der Waals surface area contributed by atoms with E-state index in [1.165, 1.54) is 18.4 Å². The van der Waals surface area contributed by atoms with Crippen LogP contribution in [0.2, 0.25) is 0 Å². The van der Waals surface area contributed by atoms with Gasteiger partial charge in [0.25, 0.3) is 0 Å². The van der Waals surface area contributed by atoms with Gasteiger partial charge in [0.15, 0.2) is 5.65 Å². The first-order chi connectivity index (χ1) is 12.2. The first-order valence-electron chi connectivity index (χ1n) is 8.41. The molecular formula is C19H20N4O2. The lowest BCUT2D eigenvalue weighted by molar-refractivity contribution is -0.116. The van der Waals surface area contributed by atoms with Gasteiger partial charge in [-0.3, -0.25) is 4.79 Å². The molecule has 128 valence electrons. The molecule has 2 heterocycles. The second kappa shape index (κ2) is 6.20. The lowest BCUT2D eigenvalue weighted by Gasteiger charge is -2.08. The van der Waals surface area contributed by atoms with E-state index in [1.807, 2.05) is 31.3 Å². The standard InChI is InChI=1S/C19H20N4O2/c1-12-18-16(13-6-7-13)8-9-20-19(18)23(22-12)11-17(24)21-14-4-3-5-15(10-14)25-2/h3-5,8-10,13H,6-7,11H2,1-2H3,(H,21,24). The molecule has 25 heavy (non-hydrogen) atoms. The van der Waals surface area contributed by atoms with Gasteiger partial charge in [0.1, 0.15) is 12.3 Å². The third-order valence-electron chi connectivity index (χ3n) is 4.50. The van der Waals surface area contributed by atoms with E-state index in [0.717, 1.165) is 16.7 Å². The fourth-order valence-corrected chi connectivity index (χ4v) is 3.19. The van der Waals surface area contributed by atoms with Crippen molar-refractivity contribution < 1.29 is 9.53 Å². The van der Waals surface area contributed by atoms with Crippen molar-refractivity contribution in [3.05, 3.63) is 47.8 Å². The second-order valence-corrected chi connectivity index (χ2v) is 6.40. The Bertz CT molecular complexity index is 944. The van der Waals surface area contributed by atoms with Gasteiger partial charge in [-0.1, -0.05) is 6.07 Å². The molecular weight excluding hydrogens is 316 g/mol. The monoisotopic (exact) mass is 336 g/mol. The number of methoxy groups -OCH3 is 1. The van der Waals surface area contributed by atoms with E-state index in [1.54, 1.807) is 17.9 Å². The average Bonchev–Trinajstić information content (AvgIpc) is 3.41. The van der Waals surface area contributed by atoms with E-state index in [4.69, 9.17) is 4.74 Å². The number of rotatable bonds is 5. The summed E-state index contributed by atoms with van der Waals surface area (Å²) >= 11 is 0. The number of anilines is 1. The number of hydrogen-bond donors (Lipinski definition) is 1. The summed E-state index contributed by atoms with van der Waals surface area (Å²) in [6, 6.07) is 9.37. The van der Waals surface area contributed by atoms with Crippen LogP contribution in [-0.4, -0.2) is 27.8 Å². The maximum atomic E-state index is 12.4. The highest BCUT2D eigenvalue weighted by molar-refractivity contribution is 5.92. The summed E-state index contributed by atoms with van der Waals surface area (Å²) in [6.45, 7) is 2.11. The van der Waals surface area contributed by atoms with E-state index in [2.05, 4.69) is 21.5 Å². The highest BCUT2D eigenvalue weighted by Crippen LogP contribution is 2.43. The number of hydrogen-bond acceptors (Lipinski definition) is 4. The lowest BCUT2D eigenvalue weighted by atomic mass is 10.1. The van der Waals surface area contributed by atoms with Crippen LogP contribution in [0.15, 0.2) is 36.5 Å². The van der Waals surface area contributed by atoms with Crippen molar-refractivity contribution in [2.24, 2.45) is 0 Å². The molecule has 6 nitrogen and oxygen atoms in total. The summed E-state index contributed by atoms with van der Waals surface area (Å²) in [5.41, 5.74) is 3.72. The van der Waals surface area contributed by atoms with Gasteiger partial charge in [-0.15, -0.1) is 0 Å². The van der Waals surface area contributed by atoms with Crippen LogP contribution in [0, 0.1) is 6.92 Å². The Balaban J connectivity index is 1.58. The molecule has 1 fully saturated rings. The lowest BCUT2D eigenvalue weighted by Crippen LogP contribution is -2.19. The Kier molecular flexibility index (Phi) is 3.87. The Morgan fingerprint density at radius 1 is 1.36 bits per heavy atom. The number of amides is 1. The molecule has 1 aliphatic rings. The second-order valence-electron chi connectivity index (χ2n) is 6.40. The number of nitrogens with zero attached hydrogens (tertiary/aromatic N) is 3. The summed E-state index contributed by atoms with van der Waals surface area (Å²) in [5.74, 6) is 1.18. The SMILES string of the molecule is COc1cccc(NC(=O)Cn2nc(C)c3c(C4CC4)ccnc32)c1. The largest absolute Gasteiger partial charge is 0.497 e. The van der Waals surface area contributed by atoms with Crippen LogP contribution in [0.25, 0.3) is 11.0 Å². The molecule has 1 saturated carbocycles. The molecule has 0 bridgehead atoms. The minimum atomic E-state index is -0.142. The zero-order valence-corrected chi connectivity index (χ0v) is 14.3. The maximum Gasteiger partial charge on any atom is 0.246 e. The summed E-state index contributed by atoms with van der Waals surface area (Å²) in [6.07, 6.45) is 4.26. The molecule has 0 radical (unpaired) electrons. The van der Waals surface area contributed by atoms with E-state index < -0.39 is 0 Å². The summed E-state index contributed by atoms with van der Waals surface area (Å²) in [4.78, 5) is 16.9. The van der Waals surface area contributed by atoms with E-state index in [-0.39, 0.29) is 12.5 Å². The molecule has 0 atom stereocenters. The molecule has 1 aromatic carbocycles. The molecule has 0 saturated heterocycles. The van der Waals surface area contributed by atoms with Crippen molar-refractivity contribution in [3.63, 3.8) is 0 Å². The van der Waals surface area contributed by atoms with Crippen LogP contribution in [-0.2, 0) is 11.3 Å². The van der Waals surface area contributed by atoms with Crippen LogP contribution in [0.1, 0.15) is 30.0 Å². The number of aryl methyl sites for hydroxylation is 1. The summed E-state index contributed by atoms with van der Waals surface area (Å²) in [5, 5.41) is 8.52. The Morgan fingerprint density at radius 3 is 2.96 bits per heavy atom. The normalized spacial score (nSPS) is 13.8. The number of carbonyl (C=O) groups excluding carboxylic acids is 1. The molecule has 3 aromatic rings. The molecule has 0 spiro atoms. The summed E-state index contributed by atoms with van der Waals surface area (Å²) < 4.78 is 6.86. The van der Waals surface area contributed by atoms with Crippen LogP contribution in [0.3, 0.4) is 0 Å². The highest BCUT2D eigenvalue weighted by atomic mass is 16.5. The van der Waals surface area contributed by atoms with Gasteiger partial charge < -0.3 is 10.1 Å². The van der Waals surface area contributed by atoms with Gasteiger partial charge in [0, 0.05) is 23.3 Å². The van der Waals surface area contributed by atoms with Crippen molar-refractivity contribution in [2.45, 2.75) is 32.2 Å². The van der Waals surface area contributed by atoms with Gasteiger partial charge in [0.2, 0.25) is 5.91 Å². The number of pyridine rings is 1. The topological polar surface area (TPSA) is 69.0 Å². The van der Waals surface area contributed by atoms with Gasteiger partial charge in [0.05, 0.1) is 12.8 Å². The molecule has 1 N–H and O–H groups in total. The molecule has 6 heteroatoms. The van der Waals surface area contributed by atoms with Crippen LogP contribution in [0.4, 0.5) is 5.69 Å². The van der Waals surface area contributed by atoms with Crippen LogP contribution >= 0.6 is 0 Å². The highest BCUT2D eigenvalue weighted by Gasteiger charge is 2.27. The fraction of sp³-hybridized carbons (Fsp3) is 0.316. The van der Waals surface area contributed by atoms with E-state index in [9.17, 15) is 4.79 Å². The van der Waals surface area contributed by atoms with Crippen molar-refractivity contribution >= 4 is 22.6 Å². The number of carbonyl (C=O) groups is 1. The smallest absolute Gasteiger partial charge is 0.246 e. The molecule has 0 unspecified atom stereocenters. The molecule has 0 aliphatic heterocycles. The zero-order valence-electron chi connectivity index (χ0n) is 14.3. The Hall–Kier alpha value is -2.89. The first kappa shape index (κ1) is 15.6. The zero-order chi connectivity index (χ0) is 17.4. The van der Waals surface area contributed by atoms with Crippen molar-refractivity contribution in [3.8, 4) is 5.75 Å². The fourth-order valence-electron chi connectivity index (χ4n) is 3.19. The predicted molar refractivity (Wildman–Crippen MR) is 95.9 cm³/mol. The number of aromatic nitrogens is 3. The predicted octanol–water partition coefficient (Wildman–Crippen LogP) is 3.26. The quantitative estimate of drug-likeness (QED) is 0.776. The number of ether oxygens (including phenoxy) is 1. The number of benzene rings is 1. The van der Waals surface area contributed by atoms with Gasteiger partial charge in [-0.05, 0) is 49.4 Å².